The Labute approximate surface area is 206 Å². The van der Waals surface area contributed by atoms with Gasteiger partial charge in [-0.3, -0.25) is 4.79 Å². The molecule has 9 heteroatoms. The number of hydrogen-bond donors (Lipinski definition) is 1. The van der Waals surface area contributed by atoms with Crippen LogP contribution in [0.2, 0.25) is 0 Å². The van der Waals surface area contributed by atoms with Gasteiger partial charge in [0.1, 0.15) is 11.6 Å². The van der Waals surface area contributed by atoms with E-state index in [0.29, 0.717) is 48.0 Å². The molecule has 1 N–H and O–H groups in total. The highest BCUT2D eigenvalue weighted by Crippen LogP contribution is 2.40. The SMILES string of the molecule is COc1cccc(NC(=O)[C@H]2Cc3cc(C(F)(F)F)ccc3N3CCN(c4ccccc4F)C[C@H]23)c1. The summed E-state index contributed by atoms with van der Waals surface area (Å²) in [5.74, 6) is -0.741. The van der Waals surface area contributed by atoms with Crippen molar-refractivity contribution in [3.63, 3.8) is 0 Å². The quantitative estimate of drug-likeness (QED) is 0.491. The van der Waals surface area contributed by atoms with E-state index in [9.17, 15) is 22.4 Å². The van der Waals surface area contributed by atoms with Crippen LogP contribution in [-0.2, 0) is 17.4 Å². The summed E-state index contributed by atoms with van der Waals surface area (Å²) >= 11 is 0. The lowest BCUT2D eigenvalue weighted by molar-refractivity contribution is -0.137. The number of nitrogens with one attached hydrogen (secondary N) is 1. The number of piperazine rings is 1. The molecule has 2 heterocycles. The fraction of sp³-hybridized carbons (Fsp3) is 0.296. The molecular weight excluding hydrogens is 474 g/mol. The number of carbonyl (C=O) groups excluding carboxylic acids is 1. The third-order valence-corrected chi connectivity index (χ3v) is 6.91. The molecule has 5 rings (SSSR count). The molecule has 2 aliphatic heterocycles. The summed E-state index contributed by atoms with van der Waals surface area (Å²) in [7, 11) is 1.52. The van der Waals surface area contributed by atoms with Crippen molar-refractivity contribution in [2.75, 3.05) is 41.9 Å². The van der Waals surface area contributed by atoms with Gasteiger partial charge in [-0.05, 0) is 54.4 Å². The molecule has 0 aromatic heterocycles. The summed E-state index contributed by atoms with van der Waals surface area (Å²) in [6, 6.07) is 16.7. The van der Waals surface area contributed by atoms with Crippen molar-refractivity contribution in [1.29, 1.82) is 0 Å². The Morgan fingerprint density at radius 3 is 2.56 bits per heavy atom. The number of ether oxygens (including phenoxy) is 1. The zero-order chi connectivity index (χ0) is 25.4. The predicted octanol–water partition coefficient (Wildman–Crippen LogP) is 5.36. The Hall–Kier alpha value is -3.75. The summed E-state index contributed by atoms with van der Waals surface area (Å²) < 4.78 is 60.1. The van der Waals surface area contributed by atoms with Crippen molar-refractivity contribution >= 4 is 23.0 Å². The molecule has 2 aliphatic rings. The molecule has 188 valence electrons. The summed E-state index contributed by atoms with van der Waals surface area (Å²) in [6.07, 6.45) is -4.34. The number of nitrogens with zero attached hydrogens (tertiary/aromatic N) is 2. The van der Waals surface area contributed by atoms with E-state index >= 15 is 0 Å². The van der Waals surface area contributed by atoms with Crippen LogP contribution in [0.3, 0.4) is 0 Å². The third-order valence-electron chi connectivity index (χ3n) is 6.91. The van der Waals surface area contributed by atoms with Crippen molar-refractivity contribution in [1.82, 2.24) is 0 Å². The second-order valence-electron chi connectivity index (χ2n) is 9.03. The molecule has 36 heavy (non-hydrogen) atoms. The second kappa shape index (κ2) is 9.37. The van der Waals surface area contributed by atoms with Crippen LogP contribution in [0.5, 0.6) is 5.75 Å². The van der Waals surface area contributed by atoms with E-state index in [0.717, 1.165) is 12.1 Å². The maximum Gasteiger partial charge on any atom is 0.416 e. The van der Waals surface area contributed by atoms with Crippen molar-refractivity contribution < 1.29 is 27.1 Å². The van der Waals surface area contributed by atoms with E-state index in [-0.39, 0.29) is 24.2 Å². The molecule has 0 bridgehead atoms. The first-order chi connectivity index (χ1) is 17.2. The zero-order valence-electron chi connectivity index (χ0n) is 19.6. The van der Waals surface area contributed by atoms with Gasteiger partial charge >= 0.3 is 6.18 Å². The normalized spacial score (nSPS) is 19.4. The van der Waals surface area contributed by atoms with Gasteiger partial charge in [0, 0.05) is 37.1 Å². The number of rotatable bonds is 4. The maximum absolute atomic E-state index is 14.6. The van der Waals surface area contributed by atoms with Gasteiger partial charge < -0.3 is 19.9 Å². The van der Waals surface area contributed by atoms with Crippen LogP contribution >= 0.6 is 0 Å². The Kier molecular flexibility index (Phi) is 6.24. The van der Waals surface area contributed by atoms with Gasteiger partial charge in [-0.15, -0.1) is 0 Å². The number of amides is 1. The summed E-state index contributed by atoms with van der Waals surface area (Å²) in [5, 5.41) is 2.90. The second-order valence-corrected chi connectivity index (χ2v) is 9.03. The minimum Gasteiger partial charge on any atom is -0.497 e. The number of alkyl halides is 3. The van der Waals surface area contributed by atoms with Gasteiger partial charge in [-0.2, -0.15) is 13.2 Å². The lowest BCUT2D eigenvalue weighted by Gasteiger charge is -2.49. The molecule has 1 amide bonds. The van der Waals surface area contributed by atoms with Gasteiger partial charge in [0.2, 0.25) is 5.91 Å². The van der Waals surface area contributed by atoms with Gasteiger partial charge in [0.25, 0.3) is 0 Å². The van der Waals surface area contributed by atoms with Crippen LogP contribution in [0.15, 0.2) is 66.7 Å². The minimum absolute atomic E-state index is 0.140. The number of para-hydroxylation sites is 1. The van der Waals surface area contributed by atoms with Crippen LogP contribution < -0.4 is 19.9 Å². The summed E-state index contributed by atoms with van der Waals surface area (Å²) in [5.41, 5.74) is 1.40. The Bertz CT molecular complexity index is 1280. The van der Waals surface area contributed by atoms with E-state index in [4.69, 9.17) is 4.74 Å². The number of hydrogen-bond acceptors (Lipinski definition) is 4. The van der Waals surface area contributed by atoms with Crippen LogP contribution in [0.4, 0.5) is 34.6 Å². The van der Waals surface area contributed by atoms with E-state index in [1.165, 1.54) is 19.2 Å². The first-order valence-electron chi connectivity index (χ1n) is 11.7. The first-order valence-corrected chi connectivity index (χ1v) is 11.7. The average molecular weight is 500 g/mol. The standard InChI is InChI=1S/C27H25F4N3O2/c1-36-20-6-4-5-19(15-20)32-26(35)21-14-17-13-18(27(29,30)31)9-10-23(17)34-12-11-33(16-25(21)34)24-8-3-2-7-22(24)28/h2-10,13,15,21,25H,11-12,14,16H2,1H3,(H,32,35)/t21-,25+/m0/s1. The molecule has 0 saturated carbocycles. The summed E-state index contributed by atoms with van der Waals surface area (Å²) in [4.78, 5) is 17.4. The maximum atomic E-state index is 14.6. The first kappa shape index (κ1) is 24.0. The Morgan fingerprint density at radius 2 is 1.81 bits per heavy atom. The lowest BCUT2D eigenvalue weighted by atomic mass is 9.82. The largest absolute Gasteiger partial charge is 0.497 e. The number of carbonyl (C=O) groups is 1. The zero-order valence-corrected chi connectivity index (χ0v) is 19.6. The summed E-state index contributed by atoms with van der Waals surface area (Å²) in [6.45, 7) is 1.28. The number of halogens is 4. The molecule has 0 radical (unpaired) electrons. The van der Waals surface area contributed by atoms with Crippen LogP contribution in [0.1, 0.15) is 11.1 Å². The predicted molar refractivity (Wildman–Crippen MR) is 130 cm³/mol. The molecule has 1 fully saturated rings. The number of benzene rings is 3. The molecule has 3 aromatic carbocycles. The minimum atomic E-state index is -4.48. The molecule has 0 spiro atoms. The molecule has 3 aromatic rings. The number of fused-ring (bicyclic) bond motifs is 3. The topological polar surface area (TPSA) is 44.8 Å². The monoisotopic (exact) mass is 499 g/mol. The number of methoxy groups -OCH3 is 1. The number of anilines is 3. The van der Waals surface area contributed by atoms with Crippen LogP contribution in [-0.4, -0.2) is 38.7 Å². The van der Waals surface area contributed by atoms with Gasteiger partial charge in [0.05, 0.1) is 30.3 Å². The van der Waals surface area contributed by atoms with Gasteiger partial charge in [-0.1, -0.05) is 18.2 Å². The molecule has 5 nitrogen and oxygen atoms in total. The Balaban J connectivity index is 1.49. The molecule has 1 saturated heterocycles. The molecular formula is C27H25F4N3O2. The van der Waals surface area contributed by atoms with Gasteiger partial charge in [-0.25, -0.2) is 4.39 Å². The van der Waals surface area contributed by atoms with E-state index in [1.807, 2.05) is 9.80 Å². The van der Waals surface area contributed by atoms with Crippen molar-refractivity contribution in [3.8, 4) is 5.75 Å². The average Bonchev–Trinajstić information content (AvgIpc) is 2.87. The van der Waals surface area contributed by atoms with Crippen molar-refractivity contribution in [3.05, 3.63) is 83.7 Å². The molecule has 2 atom stereocenters. The highest BCUT2D eigenvalue weighted by atomic mass is 19.4. The van der Waals surface area contributed by atoms with Crippen LogP contribution in [0.25, 0.3) is 0 Å². The fourth-order valence-corrected chi connectivity index (χ4v) is 5.16. The van der Waals surface area contributed by atoms with E-state index < -0.39 is 17.7 Å². The van der Waals surface area contributed by atoms with Crippen molar-refractivity contribution in [2.45, 2.75) is 18.6 Å². The lowest BCUT2D eigenvalue weighted by Crippen LogP contribution is -2.60. The highest BCUT2D eigenvalue weighted by molar-refractivity contribution is 5.94. The van der Waals surface area contributed by atoms with Gasteiger partial charge in [0.15, 0.2) is 0 Å². The highest BCUT2D eigenvalue weighted by Gasteiger charge is 2.43. The van der Waals surface area contributed by atoms with Crippen LogP contribution in [0, 0.1) is 11.7 Å². The molecule has 0 unspecified atom stereocenters. The smallest absolute Gasteiger partial charge is 0.416 e. The fourth-order valence-electron chi connectivity index (χ4n) is 5.16. The van der Waals surface area contributed by atoms with E-state index in [1.54, 1.807) is 42.5 Å². The van der Waals surface area contributed by atoms with Crippen molar-refractivity contribution in [2.24, 2.45) is 5.92 Å². The van der Waals surface area contributed by atoms with E-state index in [2.05, 4.69) is 5.32 Å². The molecule has 0 aliphatic carbocycles. The third kappa shape index (κ3) is 4.57. The Morgan fingerprint density at radius 1 is 1.00 bits per heavy atom.